The first-order chi connectivity index (χ1) is 8.69. The van der Waals surface area contributed by atoms with Crippen molar-refractivity contribution < 1.29 is 9.18 Å². The van der Waals surface area contributed by atoms with Crippen molar-refractivity contribution in [1.82, 2.24) is 5.32 Å². The highest BCUT2D eigenvalue weighted by molar-refractivity contribution is 5.78. The van der Waals surface area contributed by atoms with Gasteiger partial charge in [-0.05, 0) is 29.5 Å². The Labute approximate surface area is 115 Å². The average molecular weight is 265 g/mol. The van der Waals surface area contributed by atoms with E-state index in [1.165, 1.54) is 12.1 Å². The molecule has 1 amide bonds. The lowest BCUT2D eigenvalue weighted by Crippen LogP contribution is -2.34. The molecule has 0 saturated heterocycles. The lowest BCUT2D eigenvalue weighted by molar-refractivity contribution is -0.124. The minimum atomic E-state index is -0.256. The van der Waals surface area contributed by atoms with E-state index in [1.54, 1.807) is 12.1 Å². The Bertz CT molecular complexity index is 417. The second kappa shape index (κ2) is 6.18. The molecule has 1 atom stereocenters. The molecular formula is C16H24FNO. The molecule has 0 heterocycles. The van der Waals surface area contributed by atoms with E-state index in [0.717, 1.165) is 12.0 Å². The standard InChI is InChI=1S/C16H24FNO/c1-11(2)15(19)18-14(10-16(3,4)5)12-6-8-13(17)9-7-12/h6-9,11,14H,10H2,1-5H3,(H,18,19). The second-order valence-electron chi connectivity index (χ2n) is 6.53. The summed E-state index contributed by atoms with van der Waals surface area (Å²) in [5.74, 6) is -0.282. The lowest BCUT2D eigenvalue weighted by Gasteiger charge is -2.28. The Hall–Kier alpha value is -1.38. The van der Waals surface area contributed by atoms with Crippen molar-refractivity contribution in [2.75, 3.05) is 0 Å². The number of amides is 1. The van der Waals surface area contributed by atoms with E-state index in [2.05, 4.69) is 26.1 Å². The molecule has 0 aliphatic carbocycles. The Morgan fingerprint density at radius 3 is 2.16 bits per heavy atom. The van der Waals surface area contributed by atoms with Gasteiger partial charge in [-0.1, -0.05) is 46.8 Å². The van der Waals surface area contributed by atoms with Gasteiger partial charge in [0.15, 0.2) is 0 Å². The fourth-order valence-electron chi connectivity index (χ4n) is 1.90. The maximum absolute atomic E-state index is 13.0. The van der Waals surface area contributed by atoms with Gasteiger partial charge >= 0.3 is 0 Å². The minimum Gasteiger partial charge on any atom is -0.349 e. The zero-order chi connectivity index (χ0) is 14.6. The largest absolute Gasteiger partial charge is 0.349 e. The topological polar surface area (TPSA) is 29.1 Å². The molecule has 1 N–H and O–H groups in total. The fraction of sp³-hybridized carbons (Fsp3) is 0.562. The number of carbonyl (C=O) groups is 1. The summed E-state index contributed by atoms with van der Waals surface area (Å²) in [4.78, 5) is 11.9. The lowest BCUT2D eigenvalue weighted by atomic mass is 9.85. The highest BCUT2D eigenvalue weighted by Crippen LogP contribution is 2.29. The van der Waals surface area contributed by atoms with Crippen molar-refractivity contribution in [3.05, 3.63) is 35.6 Å². The summed E-state index contributed by atoms with van der Waals surface area (Å²) in [6.45, 7) is 10.1. The van der Waals surface area contributed by atoms with Crippen LogP contribution in [0.15, 0.2) is 24.3 Å². The summed E-state index contributed by atoms with van der Waals surface area (Å²) in [6.07, 6.45) is 0.817. The van der Waals surface area contributed by atoms with Gasteiger partial charge in [-0.15, -0.1) is 0 Å². The van der Waals surface area contributed by atoms with E-state index < -0.39 is 0 Å². The smallest absolute Gasteiger partial charge is 0.223 e. The van der Waals surface area contributed by atoms with Crippen molar-refractivity contribution in [2.45, 2.75) is 47.1 Å². The molecule has 0 fully saturated rings. The Kier molecular flexibility index (Phi) is 5.10. The van der Waals surface area contributed by atoms with Gasteiger partial charge in [-0.25, -0.2) is 4.39 Å². The van der Waals surface area contributed by atoms with Crippen LogP contribution in [0.3, 0.4) is 0 Å². The number of hydrogen-bond donors (Lipinski definition) is 1. The van der Waals surface area contributed by atoms with Crippen LogP contribution in [-0.4, -0.2) is 5.91 Å². The Morgan fingerprint density at radius 2 is 1.74 bits per heavy atom. The summed E-state index contributed by atoms with van der Waals surface area (Å²) in [7, 11) is 0. The van der Waals surface area contributed by atoms with E-state index >= 15 is 0 Å². The van der Waals surface area contributed by atoms with Crippen LogP contribution in [-0.2, 0) is 4.79 Å². The van der Waals surface area contributed by atoms with Gasteiger partial charge in [-0.3, -0.25) is 4.79 Å². The summed E-state index contributed by atoms with van der Waals surface area (Å²) < 4.78 is 13.0. The van der Waals surface area contributed by atoms with Gasteiger partial charge in [0.1, 0.15) is 5.82 Å². The van der Waals surface area contributed by atoms with Crippen LogP contribution in [0.5, 0.6) is 0 Å². The predicted octanol–water partition coefficient (Wildman–Crippen LogP) is 4.08. The van der Waals surface area contributed by atoms with E-state index in [9.17, 15) is 9.18 Å². The minimum absolute atomic E-state index is 0.0265. The molecule has 1 unspecified atom stereocenters. The van der Waals surface area contributed by atoms with Crippen LogP contribution in [0, 0.1) is 17.2 Å². The molecule has 19 heavy (non-hydrogen) atoms. The van der Waals surface area contributed by atoms with Crippen molar-refractivity contribution in [3.8, 4) is 0 Å². The molecule has 2 nitrogen and oxygen atoms in total. The number of benzene rings is 1. The molecule has 1 aromatic rings. The van der Waals surface area contributed by atoms with Crippen LogP contribution >= 0.6 is 0 Å². The third-order valence-corrected chi connectivity index (χ3v) is 2.93. The van der Waals surface area contributed by atoms with Crippen LogP contribution in [0.2, 0.25) is 0 Å². The molecule has 0 saturated carbocycles. The summed E-state index contributed by atoms with van der Waals surface area (Å²) in [5, 5.41) is 3.05. The molecule has 0 aliphatic rings. The molecule has 0 aliphatic heterocycles. The molecule has 1 aromatic carbocycles. The highest BCUT2D eigenvalue weighted by atomic mass is 19.1. The SMILES string of the molecule is CC(C)C(=O)NC(CC(C)(C)C)c1ccc(F)cc1. The van der Waals surface area contributed by atoms with Gasteiger partial charge in [0.25, 0.3) is 0 Å². The monoisotopic (exact) mass is 265 g/mol. The summed E-state index contributed by atoms with van der Waals surface area (Å²) in [5.41, 5.74) is 1.04. The van der Waals surface area contributed by atoms with E-state index in [4.69, 9.17) is 0 Å². The molecule has 0 aromatic heterocycles. The number of nitrogens with one attached hydrogen (secondary N) is 1. The third kappa shape index (κ3) is 5.41. The Morgan fingerprint density at radius 1 is 1.21 bits per heavy atom. The maximum atomic E-state index is 13.0. The van der Waals surface area contributed by atoms with Gasteiger partial charge in [0.05, 0.1) is 6.04 Å². The first-order valence-electron chi connectivity index (χ1n) is 6.75. The van der Waals surface area contributed by atoms with E-state index in [0.29, 0.717) is 0 Å². The normalized spacial score (nSPS) is 13.4. The van der Waals surface area contributed by atoms with Gasteiger partial charge < -0.3 is 5.32 Å². The van der Waals surface area contributed by atoms with Crippen LogP contribution in [0.4, 0.5) is 4.39 Å². The van der Waals surface area contributed by atoms with Crippen LogP contribution in [0.25, 0.3) is 0 Å². The number of halogens is 1. The van der Waals surface area contributed by atoms with Gasteiger partial charge in [-0.2, -0.15) is 0 Å². The average Bonchev–Trinajstić information content (AvgIpc) is 2.27. The summed E-state index contributed by atoms with van der Waals surface area (Å²) >= 11 is 0. The van der Waals surface area contributed by atoms with Crippen LogP contribution in [0.1, 0.15) is 52.6 Å². The molecule has 0 radical (unpaired) electrons. The summed E-state index contributed by atoms with van der Waals surface area (Å²) in [6, 6.07) is 6.29. The second-order valence-corrected chi connectivity index (χ2v) is 6.53. The molecular weight excluding hydrogens is 241 g/mol. The predicted molar refractivity (Wildman–Crippen MR) is 76.2 cm³/mol. The van der Waals surface area contributed by atoms with E-state index in [-0.39, 0.29) is 29.1 Å². The first kappa shape index (κ1) is 15.7. The zero-order valence-corrected chi connectivity index (χ0v) is 12.5. The van der Waals surface area contributed by atoms with Crippen molar-refractivity contribution in [3.63, 3.8) is 0 Å². The molecule has 0 bridgehead atoms. The van der Waals surface area contributed by atoms with Gasteiger partial charge in [0.2, 0.25) is 5.91 Å². The zero-order valence-electron chi connectivity index (χ0n) is 12.5. The molecule has 0 spiro atoms. The highest BCUT2D eigenvalue weighted by Gasteiger charge is 2.22. The number of hydrogen-bond acceptors (Lipinski definition) is 1. The van der Waals surface area contributed by atoms with Crippen molar-refractivity contribution in [2.24, 2.45) is 11.3 Å². The molecule has 3 heteroatoms. The quantitative estimate of drug-likeness (QED) is 0.873. The Balaban J connectivity index is 2.92. The van der Waals surface area contributed by atoms with Gasteiger partial charge in [0, 0.05) is 5.92 Å². The van der Waals surface area contributed by atoms with E-state index in [1.807, 2.05) is 13.8 Å². The first-order valence-corrected chi connectivity index (χ1v) is 6.75. The fourth-order valence-corrected chi connectivity index (χ4v) is 1.90. The third-order valence-electron chi connectivity index (χ3n) is 2.93. The number of carbonyl (C=O) groups excluding carboxylic acids is 1. The molecule has 106 valence electrons. The van der Waals surface area contributed by atoms with Crippen LogP contribution < -0.4 is 5.32 Å². The van der Waals surface area contributed by atoms with Crippen molar-refractivity contribution in [1.29, 1.82) is 0 Å². The number of rotatable bonds is 4. The van der Waals surface area contributed by atoms with Crippen molar-refractivity contribution >= 4 is 5.91 Å². The molecule has 1 rings (SSSR count). The maximum Gasteiger partial charge on any atom is 0.223 e.